The van der Waals surface area contributed by atoms with Crippen molar-refractivity contribution in [3.63, 3.8) is 0 Å². The maximum atomic E-state index is 13.6. The van der Waals surface area contributed by atoms with E-state index in [1.807, 2.05) is 0 Å². The third kappa shape index (κ3) is 2.84. The summed E-state index contributed by atoms with van der Waals surface area (Å²) in [5.41, 5.74) is -1.89. The van der Waals surface area contributed by atoms with Gasteiger partial charge in [0.15, 0.2) is 11.6 Å². The Labute approximate surface area is 204 Å². The van der Waals surface area contributed by atoms with Crippen molar-refractivity contribution < 1.29 is 29.2 Å². The summed E-state index contributed by atoms with van der Waals surface area (Å²) >= 11 is 0. The molecule has 6 heteroatoms. The molecule has 0 aromatic carbocycles. The Morgan fingerprint density at radius 3 is 2.53 bits per heavy atom. The first-order valence-electron chi connectivity index (χ1n) is 13.8. The number of aliphatic hydroxyl groups excluding tert-OH is 1. The minimum Gasteiger partial charge on any atom is -0.390 e. The fourth-order valence-electron chi connectivity index (χ4n) is 10.3. The number of rotatable bonds is 1. The third-order valence-electron chi connectivity index (χ3n) is 12.2. The Kier molecular flexibility index (Phi) is 5.26. The number of ether oxygens (including phenoxy) is 3. The van der Waals surface area contributed by atoms with Crippen molar-refractivity contribution in [1.82, 2.24) is 0 Å². The quantitative estimate of drug-likeness (QED) is 0.600. The number of aliphatic hydroxyl groups is 2. The Balaban J connectivity index is 1.30. The second kappa shape index (κ2) is 7.50. The van der Waals surface area contributed by atoms with Gasteiger partial charge >= 0.3 is 0 Å². The molecule has 34 heavy (non-hydrogen) atoms. The molecule has 192 valence electrons. The summed E-state index contributed by atoms with van der Waals surface area (Å²) in [5, 5.41) is 22.3. The lowest BCUT2D eigenvalue weighted by Gasteiger charge is -2.63. The number of Topliss-reactive ketones (excluding diaryl/α,β-unsaturated/α-hetero) is 1. The molecule has 1 spiro atoms. The number of carbonyl (C=O) groups excluding carboxylic acids is 1. The highest BCUT2D eigenvalue weighted by atomic mass is 16.7. The summed E-state index contributed by atoms with van der Waals surface area (Å²) in [6.45, 7) is 9.94. The summed E-state index contributed by atoms with van der Waals surface area (Å²) in [4.78, 5) is 13.6. The first-order valence-corrected chi connectivity index (χ1v) is 13.8. The molecule has 0 amide bonds. The fraction of sp³-hybridized carbons (Fsp3) is 0.964. The maximum absolute atomic E-state index is 13.6. The van der Waals surface area contributed by atoms with Crippen molar-refractivity contribution in [2.24, 2.45) is 46.3 Å². The molecule has 0 aromatic heterocycles. The van der Waals surface area contributed by atoms with Crippen molar-refractivity contribution >= 4 is 5.78 Å². The topological polar surface area (TPSA) is 85.2 Å². The van der Waals surface area contributed by atoms with Crippen LogP contribution in [0.4, 0.5) is 0 Å². The molecule has 13 atom stereocenters. The van der Waals surface area contributed by atoms with Gasteiger partial charge in [-0.05, 0) is 67.1 Å². The molecule has 2 N–H and O–H groups in total. The number of ketones is 1. The van der Waals surface area contributed by atoms with Gasteiger partial charge in [0.25, 0.3) is 0 Å². The summed E-state index contributed by atoms with van der Waals surface area (Å²) in [6, 6.07) is 0. The van der Waals surface area contributed by atoms with Gasteiger partial charge in [0.2, 0.25) is 0 Å². The smallest absolute Gasteiger partial charge is 0.171 e. The van der Waals surface area contributed by atoms with Gasteiger partial charge in [0.05, 0.1) is 24.9 Å². The van der Waals surface area contributed by atoms with Crippen LogP contribution in [0.15, 0.2) is 0 Å². The van der Waals surface area contributed by atoms with Crippen LogP contribution >= 0.6 is 0 Å². The lowest BCUT2D eigenvalue weighted by atomic mass is 9.42. The van der Waals surface area contributed by atoms with E-state index < -0.39 is 22.9 Å². The van der Waals surface area contributed by atoms with Gasteiger partial charge in [-0.3, -0.25) is 4.79 Å². The minimum absolute atomic E-state index is 0.0683. The first-order chi connectivity index (χ1) is 16.0. The molecule has 2 aliphatic heterocycles. The van der Waals surface area contributed by atoms with E-state index >= 15 is 0 Å². The zero-order valence-corrected chi connectivity index (χ0v) is 21.6. The molecule has 0 unspecified atom stereocenters. The Bertz CT molecular complexity index is 852. The molecule has 2 heterocycles. The maximum Gasteiger partial charge on any atom is 0.171 e. The van der Waals surface area contributed by atoms with Gasteiger partial charge < -0.3 is 24.4 Å². The number of hydrogen-bond donors (Lipinski definition) is 2. The van der Waals surface area contributed by atoms with Crippen LogP contribution in [0.2, 0.25) is 0 Å². The molecule has 6 rings (SSSR count). The Morgan fingerprint density at radius 2 is 1.85 bits per heavy atom. The molecule has 0 bridgehead atoms. The van der Waals surface area contributed by atoms with Crippen LogP contribution in [0.1, 0.15) is 79.1 Å². The highest BCUT2D eigenvalue weighted by Crippen LogP contribution is 2.71. The number of carbonyl (C=O) groups is 1. The predicted molar refractivity (Wildman–Crippen MR) is 126 cm³/mol. The molecule has 0 radical (unpaired) electrons. The van der Waals surface area contributed by atoms with Crippen molar-refractivity contribution in [2.45, 2.75) is 109 Å². The molecule has 4 saturated carbocycles. The number of methoxy groups -OCH3 is 1. The number of fused-ring (bicyclic) bond motifs is 7. The average molecular weight is 477 g/mol. The molecule has 2 saturated heterocycles. The minimum atomic E-state index is -1.45. The highest BCUT2D eigenvalue weighted by molar-refractivity contribution is 5.89. The van der Waals surface area contributed by atoms with Crippen LogP contribution in [0.25, 0.3) is 0 Å². The van der Waals surface area contributed by atoms with Crippen LogP contribution < -0.4 is 0 Å². The summed E-state index contributed by atoms with van der Waals surface area (Å²) in [7, 11) is 1.63. The summed E-state index contributed by atoms with van der Waals surface area (Å²) in [6.07, 6.45) is 5.36. The first kappa shape index (κ1) is 23.8. The lowest BCUT2D eigenvalue weighted by molar-refractivity contribution is -0.274. The van der Waals surface area contributed by atoms with E-state index in [0.717, 1.165) is 38.7 Å². The van der Waals surface area contributed by atoms with Crippen molar-refractivity contribution in [3.8, 4) is 0 Å². The van der Waals surface area contributed by atoms with Gasteiger partial charge in [-0.15, -0.1) is 0 Å². The van der Waals surface area contributed by atoms with Gasteiger partial charge in [-0.1, -0.05) is 27.7 Å². The third-order valence-corrected chi connectivity index (χ3v) is 12.2. The van der Waals surface area contributed by atoms with Gasteiger partial charge in [-0.25, -0.2) is 0 Å². The van der Waals surface area contributed by atoms with E-state index in [9.17, 15) is 15.0 Å². The normalized spacial score (nSPS) is 61.0. The van der Waals surface area contributed by atoms with E-state index in [2.05, 4.69) is 27.7 Å². The van der Waals surface area contributed by atoms with Crippen LogP contribution in [0.3, 0.4) is 0 Å². The van der Waals surface area contributed by atoms with E-state index in [1.54, 1.807) is 7.11 Å². The van der Waals surface area contributed by atoms with E-state index in [4.69, 9.17) is 14.2 Å². The van der Waals surface area contributed by atoms with Gasteiger partial charge in [0.1, 0.15) is 5.60 Å². The van der Waals surface area contributed by atoms with Crippen LogP contribution in [-0.4, -0.2) is 59.4 Å². The Morgan fingerprint density at radius 1 is 1.09 bits per heavy atom. The number of hydrogen-bond acceptors (Lipinski definition) is 6. The second-order valence-electron chi connectivity index (χ2n) is 13.5. The van der Waals surface area contributed by atoms with Crippen LogP contribution in [-0.2, 0) is 19.0 Å². The van der Waals surface area contributed by atoms with Crippen LogP contribution in [0, 0.1) is 46.3 Å². The average Bonchev–Trinajstić information content (AvgIpc) is 3.23. The standard InChI is InChI=1S/C28H44O6/c1-15-6-9-28(33-14-15)16(2)24-21(34-28)11-19-17-10-23(30)27(31)12-20(29)22(32-5)13-26(27,4)18(17)7-8-25(19,24)3/h15-22,24,29,31H,6-14H2,1-5H3/t15-,16+,17-,18+,19+,20+,21+,22+,24+,25+,26-,27+,28-/m1/s1. The second-order valence-corrected chi connectivity index (χ2v) is 13.5. The molecular weight excluding hydrogens is 432 g/mol. The fourth-order valence-corrected chi connectivity index (χ4v) is 10.3. The highest BCUT2D eigenvalue weighted by Gasteiger charge is 2.72. The molecule has 0 aromatic rings. The van der Waals surface area contributed by atoms with Crippen molar-refractivity contribution in [1.29, 1.82) is 0 Å². The van der Waals surface area contributed by atoms with Crippen molar-refractivity contribution in [3.05, 3.63) is 0 Å². The van der Waals surface area contributed by atoms with Gasteiger partial charge in [-0.2, -0.15) is 0 Å². The predicted octanol–water partition coefficient (Wildman–Crippen LogP) is 3.71. The lowest BCUT2D eigenvalue weighted by Crippen LogP contribution is -2.69. The monoisotopic (exact) mass is 476 g/mol. The molecule has 6 nitrogen and oxygen atoms in total. The zero-order valence-electron chi connectivity index (χ0n) is 21.6. The van der Waals surface area contributed by atoms with E-state index in [1.165, 1.54) is 0 Å². The van der Waals surface area contributed by atoms with Crippen molar-refractivity contribution in [2.75, 3.05) is 13.7 Å². The zero-order chi connectivity index (χ0) is 24.3. The SMILES string of the molecule is CO[C@H]1C[C@]2(C)[C@H]3CC[C@]4(C)[C@@H]5[C@H](C[C@H]4[C@@H]3CC(=O)[C@@]2(O)C[C@@H]1O)O[C@]1(CC[C@@H](C)CO1)[C@H]5C. The summed E-state index contributed by atoms with van der Waals surface area (Å²) in [5.74, 6) is 1.84. The molecular formula is C28H44O6. The van der Waals surface area contributed by atoms with E-state index in [-0.39, 0.29) is 41.7 Å². The molecule has 6 fully saturated rings. The molecule has 4 aliphatic carbocycles. The van der Waals surface area contributed by atoms with E-state index in [0.29, 0.717) is 36.5 Å². The van der Waals surface area contributed by atoms with Gasteiger partial charge in [0, 0.05) is 37.7 Å². The summed E-state index contributed by atoms with van der Waals surface area (Å²) < 4.78 is 18.9. The van der Waals surface area contributed by atoms with Crippen LogP contribution in [0.5, 0.6) is 0 Å². The Hall–Kier alpha value is -0.530. The molecule has 6 aliphatic rings. The largest absolute Gasteiger partial charge is 0.390 e.